The van der Waals surface area contributed by atoms with Crippen molar-refractivity contribution in [2.45, 2.75) is 25.4 Å². The molecule has 1 heterocycles. The van der Waals surface area contributed by atoms with Crippen molar-refractivity contribution in [2.75, 3.05) is 13.7 Å². The summed E-state index contributed by atoms with van der Waals surface area (Å²) in [4.78, 5) is 0. The van der Waals surface area contributed by atoms with Crippen molar-refractivity contribution in [2.24, 2.45) is 7.05 Å². The molecule has 80 valence electrons. The molecule has 0 bridgehead atoms. The van der Waals surface area contributed by atoms with E-state index in [1.54, 1.807) is 18.7 Å². The third-order valence-corrected chi connectivity index (χ3v) is 2.17. The van der Waals surface area contributed by atoms with Crippen LogP contribution in [0.1, 0.15) is 18.9 Å². The van der Waals surface area contributed by atoms with Gasteiger partial charge in [-0.1, -0.05) is 0 Å². The Labute approximate surface area is 84.5 Å². The molecule has 0 amide bonds. The minimum absolute atomic E-state index is 0.368. The first-order valence-corrected chi connectivity index (χ1v) is 4.72. The molecule has 14 heavy (non-hydrogen) atoms. The molecule has 1 N–H and O–H groups in total. The summed E-state index contributed by atoms with van der Waals surface area (Å²) in [6.45, 7) is 2.15. The van der Waals surface area contributed by atoms with Crippen LogP contribution in [0, 0.1) is 0 Å². The zero-order valence-corrected chi connectivity index (χ0v) is 9.03. The quantitative estimate of drug-likeness (QED) is 0.759. The Balaban J connectivity index is 2.40. The van der Waals surface area contributed by atoms with Gasteiger partial charge in [0.15, 0.2) is 0 Å². The van der Waals surface area contributed by atoms with Gasteiger partial charge in [0.2, 0.25) is 0 Å². The van der Waals surface area contributed by atoms with E-state index in [1.807, 2.05) is 19.4 Å². The molecule has 1 aromatic rings. The van der Waals surface area contributed by atoms with Crippen molar-refractivity contribution in [3.05, 3.63) is 18.0 Å². The van der Waals surface area contributed by atoms with E-state index < -0.39 is 5.60 Å². The van der Waals surface area contributed by atoms with E-state index in [0.29, 0.717) is 13.0 Å². The van der Waals surface area contributed by atoms with Crippen LogP contribution in [-0.4, -0.2) is 34.2 Å². The van der Waals surface area contributed by atoms with Crippen molar-refractivity contribution in [3.8, 4) is 0 Å². The van der Waals surface area contributed by atoms with Crippen LogP contribution in [0.4, 0.5) is 0 Å². The number of hydrogen-bond donors (Lipinski definition) is 1. The zero-order chi connectivity index (χ0) is 10.6. The van der Waals surface area contributed by atoms with Crippen molar-refractivity contribution in [1.29, 1.82) is 0 Å². The van der Waals surface area contributed by atoms with Crippen LogP contribution in [0.5, 0.6) is 0 Å². The smallest absolute Gasteiger partial charge is 0.0855 e. The molecule has 0 radical (unpaired) electrons. The maximum absolute atomic E-state index is 9.83. The molecule has 0 saturated carbocycles. The number of aromatic nitrogens is 2. The number of aliphatic hydroxyl groups is 1. The van der Waals surface area contributed by atoms with E-state index in [1.165, 1.54) is 0 Å². The molecule has 1 rings (SSSR count). The highest BCUT2D eigenvalue weighted by Crippen LogP contribution is 2.13. The maximum Gasteiger partial charge on any atom is 0.0855 e. The summed E-state index contributed by atoms with van der Waals surface area (Å²) < 4.78 is 6.69. The first-order valence-electron chi connectivity index (χ1n) is 4.72. The number of hydrogen-bond acceptors (Lipinski definition) is 3. The number of ether oxygens (including phenoxy) is 1. The molecule has 1 atom stereocenters. The molecule has 0 saturated heterocycles. The van der Waals surface area contributed by atoms with Gasteiger partial charge in [0.05, 0.1) is 18.4 Å². The number of methoxy groups -OCH3 is 1. The normalized spacial score (nSPS) is 15.4. The molecular weight excluding hydrogens is 180 g/mol. The SMILES string of the molecule is COCC(C)(O)CCc1cnn(C)c1. The summed E-state index contributed by atoms with van der Waals surface area (Å²) in [5.74, 6) is 0. The lowest BCUT2D eigenvalue weighted by molar-refractivity contribution is -0.0223. The molecular formula is C10H18N2O2. The standard InChI is InChI=1S/C10H18N2O2/c1-10(13,8-14-3)5-4-9-6-11-12(2)7-9/h6-7,13H,4-5,8H2,1-3H3. The number of rotatable bonds is 5. The highest BCUT2D eigenvalue weighted by Gasteiger charge is 2.19. The summed E-state index contributed by atoms with van der Waals surface area (Å²) >= 11 is 0. The number of nitrogens with zero attached hydrogens (tertiary/aromatic N) is 2. The van der Waals surface area contributed by atoms with Crippen LogP contribution in [0.2, 0.25) is 0 Å². The molecule has 0 aliphatic carbocycles. The lowest BCUT2D eigenvalue weighted by Crippen LogP contribution is -2.30. The summed E-state index contributed by atoms with van der Waals surface area (Å²) in [6.07, 6.45) is 5.29. The highest BCUT2D eigenvalue weighted by molar-refractivity contribution is 5.04. The van der Waals surface area contributed by atoms with E-state index >= 15 is 0 Å². The fourth-order valence-corrected chi connectivity index (χ4v) is 1.40. The van der Waals surface area contributed by atoms with E-state index in [9.17, 15) is 5.11 Å². The molecule has 0 aliphatic heterocycles. The van der Waals surface area contributed by atoms with Crippen molar-refractivity contribution >= 4 is 0 Å². The Morgan fingerprint density at radius 3 is 2.86 bits per heavy atom. The molecule has 1 unspecified atom stereocenters. The van der Waals surface area contributed by atoms with E-state index in [4.69, 9.17) is 4.74 Å². The van der Waals surface area contributed by atoms with Crippen LogP contribution in [-0.2, 0) is 18.2 Å². The van der Waals surface area contributed by atoms with Crippen molar-refractivity contribution in [3.63, 3.8) is 0 Å². The van der Waals surface area contributed by atoms with Gasteiger partial charge >= 0.3 is 0 Å². The molecule has 1 aromatic heterocycles. The third kappa shape index (κ3) is 3.47. The van der Waals surface area contributed by atoms with Gasteiger partial charge < -0.3 is 9.84 Å². The van der Waals surface area contributed by atoms with E-state index in [-0.39, 0.29) is 0 Å². The minimum Gasteiger partial charge on any atom is -0.388 e. The molecule has 4 heteroatoms. The first kappa shape index (κ1) is 11.2. The second-order valence-corrected chi connectivity index (χ2v) is 3.95. The second kappa shape index (κ2) is 4.57. The topological polar surface area (TPSA) is 47.3 Å². The predicted octanol–water partition coefficient (Wildman–Crippen LogP) is 0.750. The third-order valence-electron chi connectivity index (χ3n) is 2.17. The summed E-state index contributed by atoms with van der Waals surface area (Å²) in [7, 11) is 3.48. The lowest BCUT2D eigenvalue weighted by Gasteiger charge is -2.21. The van der Waals surface area contributed by atoms with Gasteiger partial charge in [0.25, 0.3) is 0 Å². The van der Waals surface area contributed by atoms with Gasteiger partial charge in [-0.05, 0) is 25.3 Å². The molecule has 4 nitrogen and oxygen atoms in total. The Hall–Kier alpha value is -0.870. The highest BCUT2D eigenvalue weighted by atomic mass is 16.5. The monoisotopic (exact) mass is 198 g/mol. The minimum atomic E-state index is -0.745. The maximum atomic E-state index is 9.83. The van der Waals surface area contributed by atoms with Gasteiger partial charge in [0, 0.05) is 20.4 Å². The van der Waals surface area contributed by atoms with Crippen LogP contribution in [0.15, 0.2) is 12.4 Å². The Morgan fingerprint density at radius 1 is 1.64 bits per heavy atom. The molecule has 0 aromatic carbocycles. The van der Waals surface area contributed by atoms with Gasteiger partial charge in [-0.15, -0.1) is 0 Å². The van der Waals surface area contributed by atoms with Gasteiger partial charge in [-0.2, -0.15) is 5.10 Å². The molecule has 0 aliphatic rings. The Bertz CT molecular complexity index is 281. The van der Waals surface area contributed by atoms with Crippen molar-refractivity contribution < 1.29 is 9.84 Å². The summed E-state index contributed by atoms with van der Waals surface area (Å²) in [6, 6.07) is 0. The average molecular weight is 198 g/mol. The average Bonchev–Trinajstić information content (AvgIpc) is 2.48. The van der Waals surface area contributed by atoms with Crippen molar-refractivity contribution in [1.82, 2.24) is 9.78 Å². The summed E-state index contributed by atoms with van der Waals surface area (Å²) in [5, 5.41) is 13.9. The van der Waals surface area contributed by atoms with Crippen LogP contribution < -0.4 is 0 Å². The first-order chi connectivity index (χ1) is 6.53. The molecule has 0 spiro atoms. The molecule has 0 fully saturated rings. The van der Waals surface area contributed by atoms with Gasteiger partial charge in [0.1, 0.15) is 0 Å². The fourth-order valence-electron chi connectivity index (χ4n) is 1.40. The van der Waals surface area contributed by atoms with Gasteiger partial charge in [-0.3, -0.25) is 4.68 Å². The van der Waals surface area contributed by atoms with Crippen LogP contribution in [0.25, 0.3) is 0 Å². The zero-order valence-electron chi connectivity index (χ0n) is 9.03. The van der Waals surface area contributed by atoms with Crippen LogP contribution in [0.3, 0.4) is 0 Å². The second-order valence-electron chi connectivity index (χ2n) is 3.95. The Morgan fingerprint density at radius 2 is 2.36 bits per heavy atom. The predicted molar refractivity (Wildman–Crippen MR) is 54.0 cm³/mol. The lowest BCUT2D eigenvalue weighted by atomic mass is 9.99. The number of aryl methyl sites for hydroxylation is 2. The van der Waals surface area contributed by atoms with E-state index in [0.717, 1.165) is 12.0 Å². The largest absolute Gasteiger partial charge is 0.388 e. The Kier molecular flexibility index (Phi) is 3.66. The van der Waals surface area contributed by atoms with Crippen LogP contribution >= 0.6 is 0 Å². The van der Waals surface area contributed by atoms with Gasteiger partial charge in [-0.25, -0.2) is 0 Å². The van der Waals surface area contributed by atoms with E-state index in [2.05, 4.69) is 5.10 Å². The fraction of sp³-hybridized carbons (Fsp3) is 0.700. The summed E-state index contributed by atoms with van der Waals surface area (Å²) in [5.41, 5.74) is 0.397.